The molecule has 1 heterocycles. The van der Waals surface area contributed by atoms with Gasteiger partial charge in [-0.2, -0.15) is 0 Å². The van der Waals surface area contributed by atoms with Gasteiger partial charge in [-0.1, -0.05) is 39.3 Å². The molecule has 1 aliphatic heterocycles. The van der Waals surface area contributed by atoms with Crippen LogP contribution in [0.4, 0.5) is 0 Å². The van der Waals surface area contributed by atoms with Crippen molar-refractivity contribution in [1.82, 2.24) is 4.90 Å². The van der Waals surface area contributed by atoms with E-state index in [9.17, 15) is 19.8 Å². The number of carbonyl (C=O) groups excluding carboxylic acids is 1. The molecule has 0 saturated carbocycles. The summed E-state index contributed by atoms with van der Waals surface area (Å²) < 4.78 is 0. The smallest absolute Gasteiger partial charge is 0.327 e. The van der Waals surface area contributed by atoms with E-state index >= 15 is 0 Å². The summed E-state index contributed by atoms with van der Waals surface area (Å²) >= 11 is 0. The predicted octanol–water partition coefficient (Wildman–Crippen LogP) is 2.74. The van der Waals surface area contributed by atoms with Gasteiger partial charge in [-0.25, -0.2) is 4.79 Å². The number of allylic oxidation sites excluding steroid dienone is 3. The van der Waals surface area contributed by atoms with Crippen molar-refractivity contribution in [1.29, 1.82) is 0 Å². The molecule has 0 aromatic rings. The molecular weight excluding hydrogens is 282 g/mol. The van der Waals surface area contributed by atoms with Crippen LogP contribution in [-0.2, 0) is 9.59 Å². The Morgan fingerprint density at radius 1 is 1.27 bits per heavy atom. The number of carbonyl (C=O) groups is 2. The Kier molecular flexibility index (Phi) is 4.36. The second-order valence-corrected chi connectivity index (χ2v) is 7.37. The van der Waals surface area contributed by atoms with Crippen molar-refractivity contribution in [3.05, 3.63) is 23.5 Å². The Labute approximate surface area is 131 Å². The van der Waals surface area contributed by atoms with Crippen LogP contribution in [-0.4, -0.2) is 39.6 Å². The maximum Gasteiger partial charge on any atom is 0.327 e. The summed E-state index contributed by atoms with van der Waals surface area (Å²) in [5.41, 5.74) is 0.427. The topological polar surface area (TPSA) is 77.8 Å². The van der Waals surface area contributed by atoms with Gasteiger partial charge in [0.2, 0.25) is 5.91 Å². The number of amides is 1. The normalized spacial score (nSPS) is 29.1. The fraction of sp³-hybridized carbons (Fsp3) is 0.647. The van der Waals surface area contributed by atoms with E-state index in [-0.39, 0.29) is 17.7 Å². The van der Waals surface area contributed by atoms with Crippen molar-refractivity contribution < 1.29 is 19.8 Å². The van der Waals surface area contributed by atoms with Crippen LogP contribution in [0.15, 0.2) is 23.5 Å². The van der Waals surface area contributed by atoms with E-state index in [4.69, 9.17) is 0 Å². The summed E-state index contributed by atoms with van der Waals surface area (Å²) in [5, 5.41) is 19.3. The molecule has 0 spiro atoms. The van der Waals surface area contributed by atoms with Crippen LogP contribution in [0.1, 0.15) is 40.5 Å². The Balaban J connectivity index is 2.28. The number of carboxylic acids is 1. The largest absolute Gasteiger partial charge is 0.512 e. The SMILES string of the molecule is CC1CC(C2CCN(C(=O)C(C)(C)C)C2C(=O)O)=CC=C1O. The minimum absolute atomic E-state index is 0.00168. The molecule has 122 valence electrons. The fourth-order valence-corrected chi connectivity index (χ4v) is 3.30. The van der Waals surface area contributed by atoms with Gasteiger partial charge in [0, 0.05) is 23.8 Å². The van der Waals surface area contributed by atoms with Crippen LogP contribution in [0.2, 0.25) is 0 Å². The van der Waals surface area contributed by atoms with Crippen molar-refractivity contribution in [2.24, 2.45) is 17.3 Å². The molecule has 0 aromatic heterocycles. The van der Waals surface area contributed by atoms with Gasteiger partial charge in [-0.15, -0.1) is 0 Å². The molecule has 22 heavy (non-hydrogen) atoms. The number of aliphatic hydroxyl groups is 1. The summed E-state index contributed by atoms with van der Waals surface area (Å²) in [4.78, 5) is 25.8. The predicted molar refractivity (Wildman–Crippen MR) is 83.3 cm³/mol. The average Bonchev–Trinajstić information content (AvgIpc) is 2.84. The van der Waals surface area contributed by atoms with E-state index in [1.165, 1.54) is 4.90 Å². The Hall–Kier alpha value is -1.78. The monoisotopic (exact) mass is 307 g/mol. The summed E-state index contributed by atoms with van der Waals surface area (Å²) in [6.07, 6.45) is 4.78. The van der Waals surface area contributed by atoms with Crippen molar-refractivity contribution in [3.8, 4) is 0 Å². The number of aliphatic hydroxyl groups excluding tert-OH is 1. The van der Waals surface area contributed by atoms with Crippen LogP contribution >= 0.6 is 0 Å². The summed E-state index contributed by atoms with van der Waals surface area (Å²) in [7, 11) is 0. The second-order valence-electron chi connectivity index (χ2n) is 7.37. The zero-order chi connectivity index (χ0) is 16.7. The highest BCUT2D eigenvalue weighted by Gasteiger charge is 2.46. The molecule has 0 aromatic carbocycles. The molecule has 1 aliphatic carbocycles. The summed E-state index contributed by atoms with van der Waals surface area (Å²) in [6, 6.07) is -0.807. The number of aliphatic carboxylic acids is 1. The molecule has 0 bridgehead atoms. The molecule has 2 rings (SSSR count). The molecular formula is C17H25NO4. The van der Waals surface area contributed by atoms with Gasteiger partial charge in [-0.05, 0) is 18.9 Å². The van der Waals surface area contributed by atoms with Gasteiger partial charge in [-0.3, -0.25) is 4.79 Å². The lowest BCUT2D eigenvalue weighted by molar-refractivity contribution is -0.152. The van der Waals surface area contributed by atoms with E-state index in [1.807, 2.05) is 33.8 Å². The van der Waals surface area contributed by atoms with Crippen LogP contribution in [0.3, 0.4) is 0 Å². The molecule has 1 fully saturated rings. The molecule has 3 unspecified atom stereocenters. The third-order valence-corrected chi connectivity index (χ3v) is 4.54. The van der Waals surface area contributed by atoms with Crippen molar-refractivity contribution in [3.63, 3.8) is 0 Å². The highest BCUT2D eigenvalue weighted by molar-refractivity contribution is 5.88. The third-order valence-electron chi connectivity index (χ3n) is 4.54. The van der Waals surface area contributed by atoms with Gasteiger partial charge in [0.05, 0.1) is 5.76 Å². The zero-order valence-corrected chi connectivity index (χ0v) is 13.7. The number of likely N-dealkylation sites (tertiary alicyclic amines) is 1. The Morgan fingerprint density at radius 3 is 2.41 bits per heavy atom. The molecule has 1 amide bonds. The zero-order valence-electron chi connectivity index (χ0n) is 13.7. The summed E-state index contributed by atoms with van der Waals surface area (Å²) in [6.45, 7) is 7.82. The van der Waals surface area contributed by atoms with E-state index in [0.717, 1.165) is 5.57 Å². The number of nitrogens with zero attached hydrogens (tertiary/aromatic N) is 1. The molecule has 2 aliphatic rings. The first-order valence-corrected chi connectivity index (χ1v) is 7.76. The number of hydrogen-bond donors (Lipinski definition) is 2. The Morgan fingerprint density at radius 2 is 1.91 bits per heavy atom. The lowest BCUT2D eigenvalue weighted by Gasteiger charge is -2.32. The fourth-order valence-electron chi connectivity index (χ4n) is 3.30. The Bertz CT molecular complexity index is 541. The summed E-state index contributed by atoms with van der Waals surface area (Å²) in [5.74, 6) is -0.911. The van der Waals surface area contributed by atoms with Gasteiger partial charge in [0.1, 0.15) is 6.04 Å². The number of hydrogen-bond acceptors (Lipinski definition) is 3. The maximum atomic E-state index is 12.5. The van der Waals surface area contributed by atoms with Gasteiger partial charge < -0.3 is 15.1 Å². The van der Waals surface area contributed by atoms with Crippen LogP contribution in [0, 0.1) is 17.3 Å². The van der Waals surface area contributed by atoms with E-state index in [1.54, 1.807) is 6.08 Å². The number of rotatable bonds is 2. The second kappa shape index (κ2) is 5.78. The lowest BCUT2D eigenvalue weighted by atomic mass is 9.82. The van der Waals surface area contributed by atoms with Gasteiger partial charge in [0.15, 0.2) is 0 Å². The number of carboxylic acid groups (broad SMARTS) is 1. The van der Waals surface area contributed by atoms with Crippen LogP contribution < -0.4 is 0 Å². The quantitative estimate of drug-likeness (QED) is 0.822. The first-order valence-electron chi connectivity index (χ1n) is 7.76. The van der Waals surface area contributed by atoms with E-state index in [0.29, 0.717) is 25.1 Å². The van der Waals surface area contributed by atoms with E-state index < -0.39 is 17.4 Å². The molecule has 1 saturated heterocycles. The first kappa shape index (κ1) is 16.6. The lowest BCUT2D eigenvalue weighted by Crippen LogP contribution is -2.48. The maximum absolute atomic E-state index is 12.5. The first-order chi connectivity index (χ1) is 10.1. The standard InChI is InChI=1S/C17H25NO4/c1-10-9-11(5-6-13(10)19)12-7-8-18(14(12)15(20)21)16(22)17(2,3)4/h5-6,10,12,14,19H,7-9H2,1-4H3,(H,20,21). The molecule has 5 nitrogen and oxygen atoms in total. The van der Waals surface area contributed by atoms with Crippen molar-refractivity contribution in [2.45, 2.75) is 46.6 Å². The minimum Gasteiger partial charge on any atom is -0.512 e. The molecule has 0 radical (unpaired) electrons. The average molecular weight is 307 g/mol. The third kappa shape index (κ3) is 3.03. The van der Waals surface area contributed by atoms with Gasteiger partial charge >= 0.3 is 5.97 Å². The highest BCUT2D eigenvalue weighted by Crippen LogP contribution is 2.38. The van der Waals surface area contributed by atoms with Crippen LogP contribution in [0.5, 0.6) is 0 Å². The molecule has 5 heteroatoms. The van der Waals surface area contributed by atoms with Crippen molar-refractivity contribution >= 4 is 11.9 Å². The minimum atomic E-state index is -0.951. The molecule has 2 N–H and O–H groups in total. The highest BCUT2D eigenvalue weighted by atomic mass is 16.4. The molecule has 3 atom stereocenters. The van der Waals surface area contributed by atoms with E-state index in [2.05, 4.69) is 0 Å². The van der Waals surface area contributed by atoms with Gasteiger partial charge in [0.25, 0.3) is 0 Å². The van der Waals surface area contributed by atoms with Crippen LogP contribution in [0.25, 0.3) is 0 Å². The van der Waals surface area contributed by atoms with Crippen molar-refractivity contribution in [2.75, 3.05) is 6.54 Å².